The van der Waals surface area contributed by atoms with E-state index in [1.165, 1.54) is 11.0 Å². The van der Waals surface area contributed by atoms with E-state index in [-0.39, 0.29) is 43.1 Å². The van der Waals surface area contributed by atoms with Crippen LogP contribution in [0.25, 0.3) is 5.57 Å². The Balaban J connectivity index is 2.30. The molecular formula is C21H26Cl2FNO4. The molecule has 0 radical (unpaired) electrons. The molecule has 29 heavy (non-hydrogen) atoms. The van der Waals surface area contributed by atoms with Crippen molar-refractivity contribution in [2.45, 2.75) is 51.8 Å². The number of hydrogen-bond acceptors (Lipinski definition) is 4. The number of allylic oxidation sites excluding steroid dienone is 1. The monoisotopic (exact) mass is 445 g/mol. The van der Waals surface area contributed by atoms with Gasteiger partial charge in [-0.3, -0.25) is 0 Å². The number of amides is 1. The molecule has 1 heterocycles. The van der Waals surface area contributed by atoms with Crippen LogP contribution >= 0.6 is 23.2 Å². The van der Waals surface area contributed by atoms with Gasteiger partial charge in [-0.1, -0.05) is 29.3 Å². The number of benzene rings is 1. The summed E-state index contributed by atoms with van der Waals surface area (Å²) >= 11 is 12.2. The fourth-order valence-electron chi connectivity index (χ4n) is 3.10. The molecule has 0 N–H and O–H groups in total. The molecule has 0 saturated carbocycles. The lowest BCUT2D eigenvalue weighted by molar-refractivity contribution is -0.137. The van der Waals surface area contributed by atoms with Crippen LogP contribution in [0.2, 0.25) is 10.0 Å². The Morgan fingerprint density at radius 3 is 2.38 bits per heavy atom. The second kappa shape index (κ2) is 9.35. The number of halogens is 3. The van der Waals surface area contributed by atoms with Gasteiger partial charge in [-0.2, -0.15) is 0 Å². The minimum atomic E-state index is -1.86. The number of carbonyl (C=O) groups excluding carboxylic acids is 2. The molecule has 0 atom stereocenters. The predicted octanol–water partition coefficient (Wildman–Crippen LogP) is 5.68. The highest BCUT2D eigenvalue weighted by Gasteiger charge is 2.41. The maximum atomic E-state index is 16.0. The van der Waals surface area contributed by atoms with Gasteiger partial charge in [0.25, 0.3) is 0 Å². The number of nitrogens with zero attached hydrogens (tertiary/aromatic N) is 1. The molecule has 1 saturated heterocycles. The van der Waals surface area contributed by atoms with E-state index >= 15 is 4.39 Å². The summed E-state index contributed by atoms with van der Waals surface area (Å²) in [6.45, 7) is 7.46. The zero-order valence-corrected chi connectivity index (χ0v) is 18.6. The number of ether oxygens (including phenoxy) is 2. The number of hydrogen-bond donors (Lipinski definition) is 0. The highest BCUT2D eigenvalue weighted by atomic mass is 35.5. The van der Waals surface area contributed by atoms with Crippen LogP contribution in [-0.4, -0.2) is 47.9 Å². The third kappa shape index (κ3) is 6.34. The summed E-state index contributed by atoms with van der Waals surface area (Å²) in [5, 5.41) is 0.640. The molecule has 160 valence electrons. The number of likely N-dealkylation sites (tertiary alicyclic amines) is 1. The lowest BCUT2D eigenvalue weighted by atomic mass is 9.82. The van der Waals surface area contributed by atoms with Gasteiger partial charge in [0.2, 0.25) is 0 Å². The van der Waals surface area contributed by atoms with E-state index in [1.807, 2.05) is 0 Å². The first-order chi connectivity index (χ1) is 13.4. The smallest absolute Gasteiger partial charge is 0.410 e. The molecule has 5 nitrogen and oxygen atoms in total. The molecule has 0 aliphatic carbocycles. The van der Waals surface area contributed by atoms with E-state index < -0.39 is 23.3 Å². The van der Waals surface area contributed by atoms with E-state index in [4.69, 9.17) is 32.7 Å². The highest BCUT2D eigenvalue weighted by Crippen LogP contribution is 2.42. The number of rotatable bonds is 4. The van der Waals surface area contributed by atoms with Gasteiger partial charge in [0, 0.05) is 47.6 Å². The van der Waals surface area contributed by atoms with Crippen molar-refractivity contribution in [1.82, 2.24) is 4.90 Å². The fraction of sp³-hybridized carbons (Fsp3) is 0.524. The molecular weight excluding hydrogens is 420 g/mol. The van der Waals surface area contributed by atoms with Crippen LogP contribution in [0.15, 0.2) is 24.3 Å². The molecule has 1 aliphatic heterocycles. The van der Waals surface area contributed by atoms with Crippen LogP contribution in [0.3, 0.4) is 0 Å². The van der Waals surface area contributed by atoms with Gasteiger partial charge in [-0.15, -0.1) is 0 Å². The number of piperidine rings is 1. The molecule has 0 aromatic heterocycles. The van der Waals surface area contributed by atoms with E-state index in [1.54, 1.807) is 39.8 Å². The number of carbonyl (C=O) groups is 2. The van der Waals surface area contributed by atoms with Crippen molar-refractivity contribution in [1.29, 1.82) is 0 Å². The molecule has 1 fully saturated rings. The zero-order chi connectivity index (χ0) is 21.8. The Kier molecular flexibility index (Phi) is 7.57. The van der Waals surface area contributed by atoms with Gasteiger partial charge in [0.1, 0.15) is 11.3 Å². The van der Waals surface area contributed by atoms with E-state index in [0.29, 0.717) is 10.6 Å². The van der Waals surface area contributed by atoms with E-state index in [9.17, 15) is 9.59 Å². The standard InChI is InChI=1S/C21H26Cl2FNO4/c1-5-28-18(26)13-16(15-7-6-14(22)12-17(15)23)21(24)8-10-25(11-9-21)19(27)29-20(2,3)4/h6-7,12-13H,5,8-11H2,1-4H3. The van der Waals surface area contributed by atoms with Crippen LogP contribution < -0.4 is 0 Å². The second-order valence-corrected chi connectivity index (χ2v) is 8.71. The van der Waals surface area contributed by atoms with Gasteiger partial charge in [-0.25, -0.2) is 14.0 Å². The van der Waals surface area contributed by atoms with Gasteiger partial charge in [0.05, 0.1) is 6.61 Å². The SMILES string of the molecule is CCOC(=O)C=C(c1ccc(Cl)cc1Cl)C1(F)CCN(C(=O)OC(C)(C)C)CC1. The summed E-state index contributed by atoms with van der Waals surface area (Å²) in [5.41, 5.74) is -1.99. The Morgan fingerprint density at radius 1 is 1.24 bits per heavy atom. The topological polar surface area (TPSA) is 55.8 Å². The molecule has 2 rings (SSSR count). The molecule has 0 unspecified atom stereocenters. The molecule has 0 bridgehead atoms. The number of alkyl halides is 1. The zero-order valence-electron chi connectivity index (χ0n) is 17.1. The van der Waals surface area contributed by atoms with Crippen LogP contribution in [0.4, 0.5) is 9.18 Å². The Labute approximate surface area is 180 Å². The summed E-state index contributed by atoms with van der Waals surface area (Å²) in [4.78, 5) is 25.8. The van der Waals surface area contributed by atoms with Crippen LogP contribution in [0.5, 0.6) is 0 Å². The highest BCUT2D eigenvalue weighted by molar-refractivity contribution is 6.35. The van der Waals surface area contributed by atoms with Gasteiger partial charge in [-0.05, 0) is 45.4 Å². The van der Waals surface area contributed by atoms with E-state index in [2.05, 4.69) is 0 Å². The second-order valence-electron chi connectivity index (χ2n) is 7.87. The van der Waals surface area contributed by atoms with Crippen LogP contribution in [0.1, 0.15) is 46.1 Å². The molecule has 1 aromatic rings. The maximum absolute atomic E-state index is 16.0. The third-order valence-corrected chi connectivity index (χ3v) is 5.01. The molecule has 1 amide bonds. The van der Waals surface area contributed by atoms with Gasteiger partial charge in [0.15, 0.2) is 0 Å². The van der Waals surface area contributed by atoms with Crippen LogP contribution in [-0.2, 0) is 14.3 Å². The average molecular weight is 446 g/mol. The van der Waals surface area contributed by atoms with Crippen molar-refractivity contribution in [2.24, 2.45) is 0 Å². The lowest BCUT2D eigenvalue weighted by Gasteiger charge is -2.38. The fourth-order valence-corrected chi connectivity index (χ4v) is 3.61. The summed E-state index contributed by atoms with van der Waals surface area (Å²) in [7, 11) is 0. The van der Waals surface area contributed by atoms with Crippen molar-refractivity contribution in [2.75, 3.05) is 19.7 Å². The van der Waals surface area contributed by atoms with Gasteiger partial charge >= 0.3 is 12.1 Å². The average Bonchev–Trinajstić information content (AvgIpc) is 2.59. The minimum Gasteiger partial charge on any atom is -0.463 e. The predicted molar refractivity (Wildman–Crippen MR) is 112 cm³/mol. The third-order valence-electron chi connectivity index (χ3n) is 4.46. The normalized spacial score (nSPS) is 17.1. The van der Waals surface area contributed by atoms with Crippen molar-refractivity contribution in [3.05, 3.63) is 39.9 Å². The summed E-state index contributed by atoms with van der Waals surface area (Å²) in [6.07, 6.45) is 0.647. The first-order valence-corrected chi connectivity index (χ1v) is 10.2. The van der Waals surface area contributed by atoms with Crippen molar-refractivity contribution in [3.63, 3.8) is 0 Å². The Morgan fingerprint density at radius 2 is 1.86 bits per heavy atom. The first-order valence-electron chi connectivity index (χ1n) is 9.46. The number of esters is 1. The van der Waals surface area contributed by atoms with Crippen molar-refractivity contribution < 1.29 is 23.5 Å². The van der Waals surface area contributed by atoms with Crippen LogP contribution in [0, 0.1) is 0 Å². The van der Waals surface area contributed by atoms with Crippen molar-refractivity contribution in [3.8, 4) is 0 Å². The van der Waals surface area contributed by atoms with Gasteiger partial charge < -0.3 is 14.4 Å². The first kappa shape index (κ1) is 23.5. The molecule has 0 spiro atoms. The summed E-state index contributed by atoms with van der Waals surface area (Å²) in [6, 6.07) is 4.66. The summed E-state index contributed by atoms with van der Waals surface area (Å²) < 4.78 is 26.4. The lowest BCUT2D eigenvalue weighted by Crippen LogP contribution is -2.46. The molecule has 1 aliphatic rings. The van der Waals surface area contributed by atoms with E-state index in [0.717, 1.165) is 6.08 Å². The summed E-state index contributed by atoms with van der Waals surface area (Å²) in [5.74, 6) is -0.653. The quantitative estimate of drug-likeness (QED) is 0.441. The molecule has 1 aromatic carbocycles. The van der Waals surface area contributed by atoms with Crippen molar-refractivity contribution >= 4 is 40.8 Å². The largest absolute Gasteiger partial charge is 0.463 e. The maximum Gasteiger partial charge on any atom is 0.410 e. The molecule has 8 heteroatoms. The Hall–Kier alpha value is -1.79. The minimum absolute atomic E-state index is 0.00354. The Bertz CT molecular complexity index is 796.